The number of benzene rings is 1. The number of anilines is 2. The van der Waals surface area contributed by atoms with Crippen LogP contribution in [-0.4, -0.2) is 44.7 Å². The van der Waals surface area contributed by atoms with E-state index in [1.165, 1.54) is 0 Å². The number of para-hydroxylation sites is 1. The minimum atomic E-state index is -0.421. The quantitative estimate of drug-likeness (QED) is 0.926. The number of fused-ring (bicyclic) bond motifs is 1. The summed E-state index contributed by atoms with van der Waals surface area (Å²) in [7, 11) is 0. The molecule has 0 spiro atoms. The van der Waals surface area contributed by atoms with Crippen LogP contribution in [0.25, 0.3) is 0 Å². The lowest BCUT2D eigenvalue weighted by molar-refractivity contribution is -0.125. The van der Waals surface area contributed by atoms with Gasteiger partial charge in [-0.3, -0.25) is 4.79 Å². The summed E-state index contributed by atoms with van der Waals surface area (Å²) >= 11 is 0. The molecular weight excluding hydrogens is 278 g/mol. The number of carbonyl (C=O) groups is 1. The molecule has 1 N–H and O–H groups in total. The van der Waals surface area contributed by atoms with Crippen molar-refractivity contribution in [3.8, 4) is 5.75 Å². The highest BCUT2D eigenvalue weighted by molar-refractivity contribution is 6.01. The Kier molecular flexibility index (Phi) is 4.25. The molecule has 1 atom stereocenters. The van der Waals surface area contributed by atoms with E-state index in [9.17, 15) is 4.79 Å². The van der Waals surface area contributed by atoms with E-state index >= 15 is 0 Å². The van der Waals surface area contributed by atoms with Crippen LogP contribution in [0.3, 0.4) is 0 Å². The molecule has 1 fully saturated rings. The summed E-state index contributed by atoms with van der Waals surface area (Å²) in [6, 6.07) is 6.11. The predicted molar refractivity (Wildman–Crippen MR) is 88.8 cm³/mol. The Morgan fingerprint density at radius 3 is 2.64 bits per heavy atom. The molecule has 2 heterocycles. The van der Waals surface area contributed by atoms with Crippen LogP contribution in [0.1, 0.15) is 20.8 Å². The lowest BCUT2D eigenvalue weighted by Crippen LogP contribution is -2.47. The fourth-order valence-corrected chi connectivity index (χ4v) is 3.12. The summed E-state index contributed by atoms with van der Waals surface area (Å²) in [5, 5.41) is 3.37. The topological polar surface area (TPSA) is 44.8 Å². The van der Waals surface area contributed by atoms with E-state index in [1.807, 2.05) is 24.0 Å². The van der Waals surface area contributed by atoms with Gasteiger partial charge in [0, 0.05) is 32.7 Å². The van der Waals surface area contributed by atoms with Gasteiger partial charge in [-0.25, -0.2) is 0 Å². The van der Waals surface area contributed by atoms with Gasteiger partial charge in [-0.1, -0.05) is 19.9 Å². The lowest BCUT2D eigenvalue weighted by Gasteiger charge is -2.38. The molecule has 1 unspecified atom stereocenters. The third-order valence-corrected chi connectivity index (χ3v) is 4.18. The van der Waals surface area contributed by atoms with E-state index < -0.39 is 6.10 Å². The Morgan fingerprint density at radius 1 is 1.27 bits per heavy atom. The standard InChI is InChI=1S/C17H25N3O2/c1-12(2)11-20-15-6-4-5-14(19-9-7-18-8-10-19)16(15)22-13(3)17(20)21/h4-6,12-13,18H,7-11H2,1-3H3. The van der Waals surface area contributed by atoms with Crippen LogP contribution in [-0.2, 0) is 4.79 Å². The van der Waals surface area contributed by atoms with Crippen molar-refractivity contribution < 1.29 is 9.53 Å². The minimum Gasteiger partial charge on any atom is -0.476 e. The van der Waals surface area contributed by atoms with Crippen LogP contribution in [0.5, 0.6) is 5.75 Å². The highest BCUT2D eigenvalue weighted by atomic mass is 16.5. The summed E-state index contributed by atoms with van der Waals surface area (Å²) in [4.78, 5) is 16.7. The van der Waals surface area contributed by atoms with Crippen molar-refractivity contribution in [1.82, 2.24) is 5.32 Å². The molecule has 1 amide bonds. The predicted octanol–water partition coefficient (Wildman–Crippen LogP) is 1.87. The average molecular weight is 303 g/mol. The van der Waals surface area contributed by atoms with Gasteiger partial charge in [0.05, 0.1) is 11.4 Å². The Balaban J connectivity index is 1.99. The second-order valence-corrected chi connectivity index (χ2v) is 6.47. The third kappa shape index (κ3) is 2.77. The second kappa shape index (κ2) is 6.16. The van der Waals surface area contributed by atoms with E-state index in [2.05, 4.69) is 30.1 Å². The number of ether oxygens (including phenoxy) is 1. The fourth-order valence-electron chi connectivity index (χ4n) is 3.12. The molecule has 0 aromatic heterocycles. The first kappa shape index (κ1) is 15.2. The molecule has 22 heavy (non-hydrogen) atoms. The van der Waals surface area contributed by atoms with Gasteiger partial charge >= 0.3 is 0 Å². The summed E-state index contributed by atoms with van der Waals surface area (Å²) in [6.45, 7) is 10.7. The molecule has 2 aliphatic heterocycles. The van der Waals surface area contributed by atoms with Crippen molar-refractivity contribution in [2.75, 3.05) is 42.5 Å². The van der Waals surface area contributed by atoms with Gasteiger partial charge in [-0.2, -0.15) is 0 Å². The summed E-state index contributed by atoms with van der Waals surface area (Å²) in [5.74, 6) is 1.33. The van der Waals surface area contributed by atoms with Crippen molar-refractivity contribution in [3.05, 3.63) is 18.2 Å². The maximum Gasteiger partial charge on any atom is 0.267 e. The molecule has 0 radical (unpaired) electrons. The Hall–Kier alpha value is -1.75. The SMILES string of the molecule is CC(C)CN1C(=O)C(C)Oc2c(N3CCNCC3)cccc21. The summed E-state index contributed by atoms with van der Waals surface area (Å²) in [5.41, 5.74) is 2.01. The Bertz CT molecular complexity index is 553. The monoisotopic (exact) mass is 303 g/mol. The number of piperazine rings is 1. The zero-order valence-electron chi connectivity index (χ0n) is 13.6. The molecule has 0 aliphatic carbocycles. The smallest absolute Gasteiger partial charge is 0.267 e. The Labute approximate surface area is 132 Å². The molecule has 0 saturated carbocycles. The maximum atomic E-state index is 12.5. The lowest BCUT2D eigenvalue weighted by atomic mass is 10.1. The van der Waals surface area contributed by atoms with Gasteiger partial charge in [0.1, 0.15) is 0 Å². The molecule has 2 aliphatic rings. The molecule has 1 aromatic rings. The Morgan fingerprint density at radius 2 is 1.95 bits per heavy atom. The normalized spacial score (nSPS) is 21.8. The van der Waals surface area contributed by atoms with Gasteiger partial charge in [-0.15, -0.1) is 0 Å². The highest BCUT2D eigenvalue weighted by Gasteiger charge is 2.34. The van der Waals surface area contributed by atoms with E-state index in [0.29, 0.717) is 5.92 Å². The molecule has 0 bridgehead atoms. The molecular formula is C17H25N3O2. The van der Waals surface area contributed by atoms with Gasteiger partial charge in [-0.05, 0) is 25.0 Å². The number of rotatable bonds is 3. The van der Waals surface area contributed by atoms with Crippen LogP contribution in [0.15, 0.2) is 18.2 Å². The zero-order chi connectivity index (χ0) is 15.7. The number of hydrogen-bond acceptors (Lipinski definition) is 4. The first-order valence-electron chi connectivity index (χ1n) is 8.14. The maximum absolute atomic E-state index is 12.5. The summed E-state index contributed by atoms with van der Waals surface area (Å²) < 4.78 is 5.99. The van der Waals surface area contributed by atoms with E-state index in [-0.39, 0.29) is 5.91 Å². The largest absolute Gasteiger partial charge is 0.476 e. The van der Waals surface area contributed by atoms with E-state index in [4.69, 9.17) is 4.74 Å². The number of nitrogens with zero attached hydrogens (tertiary/aromatic N) is 2. The van der Waals surface area contributed by atoms with Gasteiger partial charge in [0.25, 0.3) is 5.91 Å². The molecule has 1 aromatic carbocycles. The van der Waals surface area contributed by atoms with Crippen LogP contribution in [0.4, 0.5) is 11.4 Å². The van der Waals surface area contributed by atoms with Crippen molar-refractivity contribution in [3.63, 3.8) is 0 Å². The van der Waals surface area contributed by atoms with Crippen LogP contribution >= 0.6 is 0 Å². The molecule has 5 heteroatoms. The first-order chi connectivity index (χ1) is 10.6. The number of hydrogen-bond donors (Lipinski definition) is 1. The molecule has 3 rings (SSSR count). The van der Waals surface area contributed by atoms with Crippen molar-refractivity contribution in [2.45, 2.75) is 26.9 Å². The average Bonchev–Trinajstić information content (AvgIpc) is 2.52. The van der Waals surface area contributed by atoms with Crippen molar-refractivity contribution in [2.24, 2.45) is 5.92 Å². The number of amides is 1. The van der Waals surface area contributed by atoms with Crippen molar-refractivity contribution >= 4 is 17.3 Å². The van der Waals surface area contributed by atoms with Crippen molar-refractivity contribution in [1.29, 1.82) is 0 Å². The summed E-state index contributed by atoms with van der Waals surface area (Å²) in [6.07, 6.45) is -0.421. The first-order valence-corrected chi connectivity index (χ1v) is 8.14. The van der Waals surface area contributed by atoms with Gasteiger partial charge in [0.2, 0.25) is 0 Å². The molecule has 120 valence electrons. The number of nitrogens with one attached hydrogen (secondary N) is 1. The third-order valence-electron chi connectivity index (χ3n) is 4.18. The molecule has 5 nitrogen and oxygen atoms in total. The minimum absolute atomic E-state index is 0.0543. The zero-order valence-corrected chi connectivity index (χ0v) is 13.6. The fraction of sp³-hybridized carbons (Fsp3) is 0.588. The second-order valence-electron chi connectivity index (χ2n) is 6.47. The van der Waals surface area contributed by atoms with Crippen LogP contribution in [0, 0.1) is 5.92 Å². The van der Waals surface area contributed by atoms with Crippen LogP contribution in [0.2, 0.25) is 0 Å². The van der Waals surface area contributed by atoms with Gasteiger partial charge in [0.15, 0.2) is 11.9 Å². The van der Waals surface area contributed by atoms with Gasteiger partial charge < -0.3 is 19.9 Å². The molecule has 1 saturated heterocycles. The highest BCUT2D eigenvalue weighted by Crippen LogP contribution is 2.42. The van der Waals surface area contributed by atoms with Crippen LogP contribution < -0.4 is 19.9 Å². The van der Waals surface area contributed by atoms with E-state index in [0.717, 1.165) is 49.8 Å². The number of carbonyl (C=O) groups excluding carboxylic acids is 1. The van der Waals surface area contributed by atoms with E-state index in [1.54, 1.807) is 0 Å².